The van der Waals surface area contributed by atoms with Crippen molar-refractivity contribution in [3.8, 4) is 0 Å². The largest absolute Gasteiger partial charge is 0.724 e. The SMILES string of the molecule is CCCC(C)C.[N-]=C=O.[N-]=C=O. The lowest BCUT2D eigenvalue weighted by atomic mass is 10.1. The zero-order chi connectivity index (χ0) is 10.4. The van der Waals surface area contributed by atoms with Crippen LogP contribution in [-0.2, 0) is 9.59 Å². The summed E-state index contributed by atoms with van der Waals surface area (Å²) in [7, 11) is 0. The van der Waals surface area contributed by atoms with Gasteiger partial charge in [0.15, 0.2) is 0 Å². The van der Waals surface area contributed by atoms with E-state index in [1.54, 1.807) is 0 Å². The van der Waals surface area contributed by atoms with Crippen molar-refractivity contribution in [2.75, 3.05) is 0 Å². The van der Waals surface area contributed by atoms with Gasteiger partial charge >= 0.3 is 0 Å². The first-order chi connectivity index (χ1) is 5.60. The molecule has 0 spiro atoms. The van der Waals surface area contributed by atoms with Crippen LogP contribution in [0.25, 0.3) is 10.8 Å². The number of nitrogens with zero attached hydrogens (tertiary/aromatic N) is 2. The maximum absolute atomic E-state index is 8.24. The molecule has 0 aliphatic rings. The van der Waals surface area contributed by atoms with E-state index in [4.69, 9.17) is 20.4 Å². The Labute approximate surface area is 73.0 Å². The Kier molecular flexibility index (Phi) is 32.0. The lowest BCUT2D eigenvalue weighted by molar-refractivity contribution is 0.568. The predicted octanol–water partition coefficient (Wildman–Crippen LogP) is 2.23. The van der Waals surface area contributed by atoms with Gasteiger partial charge < -0.3 is 10.8 Å². The highest BCUT2D eigenvalue weighted by Gasteiger charge is 1.85. The standard InChI is InChI=1S/C6H14.2CNO/c1-4-5-6(2)3;2*2-1-3/h6H,4-5H2,1-3H3;;/q;2*-1. The van der Waals surface area contributed by atoms with Crippen molar-refractivity contribution in [1.29, 1.82) is 0 Å². The van der Waals surface area contributed by atoms with Crippen LogP contribution in [0.4, 0.5) is 0 Å². The minimum atomic E-state index is 0.500. The van der Waals surface area contributed by atoms with Gasteiger partial charge in [0.2, 0.25) is 0 Å². The van der Waals surface area contributed by atoms with Gasteiger partial charge in [-0.2, -0.15) is 0 Å². The molecule has 70 valence electrons. The molecule has 0 aliphatic heterocycles. The molecule has 0 aromatic heterocycles. The van der Waals surface area contributed by atoms with Crippen LogP contribution in [0, 0.1) is 5.92 Å². The Hall–Kier alpha value is -1.24. The topological polar surface area (TPSA) is 78.7 Å². The van der Waals surface area contributed by atoms with Crippen LogP contribution in [0.1, 0.15) is 33.6 Å². The molecule has 0 N–H and O–H groups in total. The maximum Gasteiger partial charge on any atom is -0.0159 e. The van der Waals surface area contributed by atoms with E-state index >= 15 is 0 Å². The van der Waals surface area contributed by atoms with E-state index in [0.717, 1.165) is 5.92 Å². The summed E-state index contributed by atoms with van der Waals surface area (Å²) in [6.45, 7) is 6.73. The average molecular weight is 170 g/mol. The molecule has 0 fully saturated rings. The third kappa shape index (κ3) is 170. The highest BCUT2D eigenvalue weighted by molar-refractivity contribution is 5.37. The number of rotatable bonds is 2. The van der Waals surface area contributed by atoms with E-state index < -0.39 is 0 Å². The average Bonchev–Trinajstić information content (AvgIpc) is 1.89. The van der Waals surface area contributed by atoms with E-state index in [2.05, 4.69) is 20.8 Å². The van der Waals surface area contributed by atoms with Gasteiger partial charge in [0.25, 0.3) is 0 Å². The fraction of sp³-hybridized carbons (Fsp3) is 0.750. The molecule has 0 saturated heterocycles. The van der Waals surface area contributed by atoms with Gasteiger partial charge in [-0.15, -0.1) is 0 Å². The molecule has 4 nitrogen and oxygen atoms in total. The Morgan fingerprint density at radius 3 is 1.42 bits per heavy atom. The number of carbonyl (C=O) groups excluding carboxylic acids is 2. The molecular formula is C8H14N2O2-2. The van der Waals surface area contributed by atoms with Crippen molar-refractivity contribution in [1.82, 2.24) is 0 Å². The summed E-state index contributed by atoms with van der Waals surface area (Å²) in [5.74, 6) is 0.898. The van der Waals surface area contributed by atoms with E-state index in [9.17, 15) is 0 Å². The molecule has 0 saturated carbocycles. The fourth-order valence-electron chi connectivity index (χ4n) is 0.577. The molecule has 0 rings (SSSR count). The van der Waals surface area contributed by atoms with Crippen molar-refractivity contribution in [3.63, 3.8) is 0 Å². The smallest absolute Gasteiger partial charge is 0.0159 e. The van der Waals surface area contributed by atoms with Crippen molar-refractivity contribution >= 4 is 12.2 Å². The molecule has 4 heteroatoms. The molecule has 0 bridgehead atoms. The second-order valence-electron chi connectivity index (χ2n) is 2.37. The third-order valence-corrected chi connectivity index (χ3v) is 0.866. The van der Waals surface area contributed by atoms with E-state index in [1.165, 1.54) is 12.8 Å². The van der Waals surface area contributed by atoms with Crippen LogP contribution in [0.2, 0.25) is 0 Å². The Balaban J connectivity index is -0.000000115. The van der Waals surface area contributed by atoms with E-state index in [0.29, 0.717) is 12.2 Å². The third-order valence-electron chi connectivity index (χ3n) is 0.866. The Morgan fingerprint density at radius 2 is 1.42 bits per heavy atom. The van der Waals surface area contributed by atoms with Crippen LogP contribution >= 0.6 is 0 Å². The van der Waals surface area contributed by atoms with Crippen LogP contribution in [0.5, 0.6) is 0 Å². The van der Waals surface area contributed by atoms with Crippen LogP contribution < -0.4 is 0 Å². The summed E-state index contributed by atoms with van der Waals surface area (Å²) in [5, 5.41) is 13.5. The normalized spacial score (nSPS) is 6.33. The van der Waals surface area contributed by atoms with Gasteiger partial charge in [-0.25, -0.2) is 0 Å². The van der Waals surface area contributed by atoms with Crippen LogP contribution in [0.15, 0.2) is 0 Å². The van der Waals surface area contributed by atoms with Crippen molar-refractivity contribution < 1.29 is 9.59 Å². The zero-order valence-electron chi connectivity index (χ0n) is 7.70. The van der Waals surface area contributed by atoms with Crippen LogP contribution in [0.3, 0.4) is 0 Å². The summed E-state index contributed by atoms with van der Waals surface area (Å²) in [4.78, 5) is 16.5. The molecule has 0 unspecified atom stereocenters. The van der Waals surface area contributed by atoms with Crippen molar-refractivity contribution in [2.24, 2.45) is 5.92 Å². The van der Waals surface area contributed by atoms with E-state index in [1.807, 2.05) is 0 Å². The fourth-order valence-corrected chi connectivity index (χ4v) is 0.577. The highest BCUT2D eigenvalue weighted by Crippen LogP contribution is 2.00. The molecule has 0 aromatic rings. The summed E-state index contributed by atoms with van der Waals surface area (Å²) < 4.78 is 0. The summed E-state index contributed by atoms with van der Waals surface area (Å²) in [6, 6.07) is 0. The zero-order valence-corrected chi connectivity index (χ0v) is 7.70. The maximum atomic E-state index is 8.24. The van der Waals surface area contributed by atoms with Gasteiger partial charge in [-0.1, -0.05) is 33.6 Å². The van der Waals surface area contributed by atoms with Gasteiger partial charge in [0.05, 0.1) is 0 Å². The van der Waals surface area contributed by atoms with E-state index in [-0.39, 0.29) is 0 Å². The predicted molar refractivity (Wildman–Crippen MR) is 47.9 cm³/mol. The second kappa shape index (κ2) is 22.6. The molecule has 12 heavy (non-hydrogen) atoms. The number of isocyanates is 2. The molecule has 0 radical (unpaired) electrons. The first kappa shape index (κ1) is 17.0. The minimum absolute atomic E-state index is 0.500. The number of hydrogen-bond acceptors (Lipinski definition) is 2. The quantitative estimate of drug-likeness (QED) is 0.470. The Bertz CT molecular complexity index is 120. The molecule has 0 atom stereocenters. The van der Waals surface area contributed by atoms with Gasteiger partial charge in [0.1, 0.15) is 0 Å². The first-order valence-corrected chi connectivity index (χ1v) is 3.63. The Morgan fingerprint density at radius 1 is 1.17 bits per heavy atom. The lowest BCUT2D eigenvalue weighted by Crippen LogP contribution is -1.81. The van der Waals surface area contributed by atoms with Gasteiger partial charge in [-0.3, -0.25) is 9.59 Å². The molecule has 0 heterocycles. The monoisotopic (exact) mass is 170 g/mol. The summed E-state index contributed by atoms with van der Waals surface area (Å²) in [6.07, 6.45) is 3.71. The highest BCUT2D eigenvalue weighted by atomic mass is 16.1. The number of hydrogen-bond donors (Lipinski definition) is 0. The molecule has 0 aromatic carbocycles. The summed E-state index contributed by atoms with van der Waals surface area (Å²) >= 11 is 0. The molecule has 0 aliphatic carbocycles. The van der Waals surface area contributed by atoms with Gasteiger partial charge in [-0.05, 0) is 18.1 Å². The molecular weight excluding hydrogens is 156 g/mol. The van der Waals surface area contributed by atoms with Crippen LogP contribution in [-0.4, -0.2) is 12.2 Å². The minimum Gasteiger partial charge on any atom is -0.724 e. The lowest BCUT2D eigenvalue weighted by Gasteiger charge is -1.95. The summed E-state index contributed by atoms with van der Waals surface area (Å²) in [5.41, 5.74) is 0. The van der Waals surface area contributed by atoms with Crippen molar-refractivity contribution in [3.05, 3.63) is 10.8 Å². The molecule has 0 amide bonds. The van der Waals surface area contributed by atoms with Gasteiger partial charge in [0, 0.05) is 0 Å². The van der Waals surface area contributed by atoms with Crippen molar-refractivity contribution in [2.45, 2.75) is 33.6 Å². The second-order valence-corrected chi connectivity index (χ2v) is 2.37. The first-order valence-electron chi connectivity index (χ1n) is 3.63.